The van der Waals surface area contributed by atoms with Gasteiger partial charge in [0.15, 0.2) is 0 Å². The van der Waals surface area contributed by atoms with Crippen molar-refractivity contribution in [1.82, 2.24) is 14.5 Å². The van der Waals surface area contributed by atoms with Crippen LogP contribution in [0.15, 0.2) is 29.2 Å². The molecule has 10 heteroatoms. The Labute approximate surface area is 157 Å². The van der Waals surface area contributed by atoms with E-state index < -0.39 is 30.2 Å². The lowest BCUT2D eigenvalue weighted by atomic mass is 10.1. The standard InChI is InChI=1S/C16H14N4O4S2/c1-19-9-5-3-2-4-8(9)18-13(19)7-11-14(22)20(16(25)26-11)10(15(23)24)6-12(17)21/h2-5,7,10H,6H2,1H3,(H2,17,21)(H,23,24)/b11-7+/t10-/m1/s1. The number of carbonyl (C=O) groups is 3. The summed E-state index contributed by atoms with van der Waals surface area (Å²) >= 11 is 6.11. The summed E-state index contributed by atoms with van der Waals surface area (Å²) in [4.78, 5) is 40.9. The maximum atomic E-state index is 12.7. The molecule has 134 valence electrons. The predicted molar refractivity (Wildman–Crippen MR) is 101 cm³/mol. The van der Waals surface area contributed by atoms with Gasteiger partial charge in [-0.1, -0.05) is 36.1 Å². The van der Waals surface area contributed by atoms with Gasteiger partial charge in [-0.05, 0) is 12.1 Å². The number of hydrogen-bond acceptors (Lipinski definition) is 6. The number of aromatic nitrogens is 2. The van der Waals surface area contributed by atoms with Crippen LogP contribution in [0.5, 0.6) is 0 Å². The fourth-order valence-corrected chi connectivity index (χ4v) is 3.96. The van der Waals surface area contributed by atoms with Crippen LogP contribution in [0.4, 0.5) is 0 Å². The van der Waals surface area contributed by atoms with Crippen LogP contribution < -0.4 is 5.73 Å². The van der Waals surface area contributed by atoms with Crippen LogP contribution in [0.1, 0.15) is 12.2 Å². The fraction of sp³-hybridized carbons (Fsp3) is 0.188. The molecule has 1 aromatic carbocycles. The van der Waals surface area contributed by atoms with E-state index in [9.17, 15) is 19.5 Å². The first-order valence-corrected chi connectivity index (χ1v) is 8.71. The molecule has 26 heavy (non-hydrogen) atoms. The van der Waals surface area contributed by atoms with Crippen molar-refractivity contribution in [2.45, 2.75) is 12.5 Å². The minimum absolute atomic E-state index is 0.0636. The molecule has 0 spiro atoms. The first kappa shape index (κ1) is 18.1. The maximum Gasteiger partial charge on any atom is 0.327 e. The number of carboxylic acid groups (broad SMARTS) is 1. The van der Waals surface area contributed by atoms with E-state index in [2.05, 4.69) is 4.98 Å². The Morgan fingerprint density at radius 3 is 2.73 bits per heavy atom. The molecule has 1 atom stereocenters. The van der Waals surface area contributed by atoms with Crippen LogP contribution in [-0.4, -0.2) is 47.7 Å². The van der Waals surface area contributed by atoms with Gasteiger partial charge in [0.05, 0.1) is 22.4 Å². The van der Waals surface area contributed by atoms with Gasteiger partial charge in [0.2, 0.25) is 5.91 Å². The number of para-hydroxylation sites is 2. The molecule has 0 bridgehead atoms. The summed E-state index contributed by atoms with van der Waals surface area (Å²) in [5.41, 5.74) is 6.76. The number of imidazole rings is 1. The van der Waals surface area contributed by atoms with Gasteiger partial charge >= 0.3 is 5.97 Å². The predicted octanol–water partition coefficient (Wildman–Crippen LogP) is 1.10. The quantitative estimate of drug-likeness (QED) is 0.580. The summed E-state index contributed by atoms with van der Waals surface area (Å²) < 4.78 is 1.88. The number of thiocarbonyl (C=S) groups is 1. The van der Waals surface area contributed by atoms with E-state index in [4.69, 9.17) is 18.0 Å². The smallest absolute Gasteiger partial charge is 0.327 e. The van der Waals surface area contributed by atoms with Crippen LogP contribution in [0.25, 0.3) is 17.1 Å². The average Bonchev–Trinajstić information content (AvgIpc) is 3.03. The lowest BCUT2D eigenvalue weighted by Crippen LogP contribution is -2.46. The first-order valence-electron chi connectivity index (χ1n) is 7.49. The number of fused-ring (bicyclic) bond motifs is 1. The van der Waals surface area contributed by atoms with Gasteiger partial charge in [0.1, 0.15) is 16.2 Å². The first-order chi connectivity index (χ1) is 12.3. The number of benzene rings is 1. The molecular formula is C16H14N4O4S2. The Morgan fingerprint density at radius 1 is 1.42 bits per heavy atom. The second-order valence-corrected chi connectivity index (χ2v) is 7.27. The molecule has 3 N–H and O–H groups in total. The Bertz CT molecular complexity index is 982. The largest absolute Gasteiger partial charge is 0.480 e. The zero-order valence-corrected chi connectivity index (χ0v) is 15.2. The Hall–Kier alpha value is -2.72. The third kappa shape index (κ3) is 3.20. The van der Waals surface area contributed by atoms with E-state index in [1.165, 1.54) is 0 Å². The monoisotopic (exact) mass is 390 g/mol. The lowest BCUT2D eigenvalue weighted by molar-refractivity contribution is -0.146. The molecular weight excluding hydrogens is 376 g/mol. The van der Waals surface area contributed by atoms with E-state index >= 15 is 0 Å². The molecule has 1 saturated heterocycles. The molecule has 0 unspecified atom stereocenters. The summed E-state index contributed by atoms with van der Waals surface area (Å²) in [6.45, 7) is 0. The van der Waals surface area contributed by atoms with Crippen molar-refractivity contribution in [3.8, 4) is 0 Å². The number of aryl methyl sites for hydroxylation is 1. The van der Waals surface area contributed by atoms with Gasteiger partial charge < -0.3 is 15.4 Å². The number of amides is 2. The van der Waals surface area contributed by atoms with Crippen molar-refractivity contribution < 1.29 is 19.5 Å². The molecule has 1 aliphatic rings. The number of thioether (sulfide) groups is 1. The summed E-state index contributed by atoms with van der Waals surface area (Å²) in [5, 5.41) is 9.33. The highest BCUT2D eigenvalue weighted by Crippen LogP contribution is 2.34. The summed E-state index contributed by atoms with van der Waals surface area (Å²) in [6.07, 6.45) is 1.05. The van der Waals surface area contributed by atoms with E-state index in [-0.39, 0.29) is 9.23 Å². The second-order valence-electron chi connectivity index (χ2n) is 5.59. The van der Waals surface area contributed by atoms with E-state index in [0.29, 0.717) is 5.82 Å². The lowest BCUT2D eigenvalue weighted by Gasteiger charge is -2.21. The zero-order valence-electron chi connectivity index (χ0n) is 13.6. The molecule has 1 fully saturated rings. The third-order valence-corrected chi connectivity index (χ3v) is 5.23. The number of nitrogens with zero attached hydrogens (tertiary/aromatic N) is 3. The van der Waals surface area contributed by atoms with E-state index in [1.54, 1.807) is 6.08 Å². The summed E-state index contributed by atoms with van der Waals surface area (Å²) in [5.74, 6) is -2.22. The van der Waals surface area contributed by atoms with Crippen molar-refractivity contribution in [2.75, 3.05) is 0 Å². The third-order valence-electron chi connectivity index (χ3n) is 3.90. The molecule has 1 aromatic heterocycles. The Morgan fingerprint density at radius 2 is 2.12 bits per heavy atom. The second kappa shape index (κ2) is 6.89. The van der Waals surface area contributed by atoms with Crippen molar-refractivity contribution >= 4 is 63.2 Å². The fourth-order valence-electron chi connectivity index (χ4n) is 2.64. The molecule has 2 heterocycles. The molecule has 8 nitrogen and oxygen atoms in total. The number of aliphatic carboxylic acids is 1. The number of hydrogen-bond donors (Lipinski definition) is 2. The molecule has 0 radical (unpaired) electrons. The molecule has 1 aliphatic heterocycles. The van der Waals surface area contributed by atoms with Gasteiger partial charge in [-0.3, -0.25) is 14.5 Å². The minimum atomic E-state index is -1.42. The molecule has 2 amide bonds. The topological polar surface area (TPSA) is 119 Å². The zero-order chi connectivity index (χ0) is 19.0. The van der Waals surface area contributed by atoms with Crippen molar-refractivity contribution in [2.24, 2.45) is 12.8 Å². The maximum absolute atomic E-state index is 12.7. The number of primary amides is 1. The number of carboxylic acids is 1. The van der Waals surface area contributed by atoms with Gasteiger partial charge in [-0.25, -0.2) is 9.78 Å². The molecule has 0 saturated carbocycles. The average molecular weight is 390 g/mol. The van der Waals surface area contributed by atoms with Gasteiger partial charge in [0.25, 0.3) is 5.91 Å². The summed E-state index contributed by atoms with van der Waals surface area (Å²) in [6, 6.07) is 6.07. The SMILES string of the molecule is Cn1c(/C=C2/SC(=S)N([C@H](CC(N)=O)C(=O)O)C2=O)nc2ccccc21. The molecule has 2 aromatic rings. The molecule has 0 aliphatic carbocycles. The Balaban J connectivity index is 1.97. The van der Waals surface area contributed by atoms with Crippen LogP contribution in [-0.2, 0) is 21.4 Å². The highest BCUT2D eigenvalue weighted by atomic mass is 32.2. The highest BCUT2D eigenvalue weighted by Gasteiger charge is 2.41. The van der Waals surface area contributed by atoms with Crippen LogP contribution >= 0.6 is 24.0 Å². The normalized spacial score (nSPS) is 17.3. The number of nitrogens with two attached hydrogens (primary N) is 1. The van der Waals surface area contributed by atoms with E-state index in [0.717, 1.165) is 27.7 Å². The van der Waals surface area contributed by atoms with Gasteiger partial charge in [0, 0.05) is 13.1 Å². The molecule has 3 rings (SSSR count). The number of rotatable bonds is 5. The van der Waals surface area contributed by atoms with Crippen LogP contribution in [0.3, 0.4) is 0 Å². The van der Waals surface area contributed by atoms with Crippen molar-refractivity contribution in [1.29, 1.82) is 0 Å². The van der Waals surface area contributed by atoms with Crippen molar-refractivity contribution in [3.63, 3.8) is 0 Å². The highest BCUT2D eigenvalue weighted by molar-refractivity contribution is 8.26. The summed E-state index contributed by atoms with van der Waals surface area (Å²) in [7, 11) is 1.81. The van der Waals surface area contributed by atoms with Gasteiger partial charge in [-0.2, -0.15) is 0 Å². The van der Waals surface area contributed by atoms with Gasteiger partial charge in [-0.15, -0.1) is 0 Å². The van der Waals surface area contributed by atoms with E-state index in [1.807, 2.05) is 35.9 Å². The Kier molecular flexibility index (Phi) is 4.79. The number of carbonyl (C=O) groups excluding carboxylic acids is 2. The van der Waals surface area contributed by atoms with Crippen molar-refractivity contribution in [3.05, 3.63) is 35.0 Å². The van der Waals surface area contributed by atoms with Crippen LogP contribution in [0.2, 0.25) is 0 Å². The minimum Gasteiger partial charge on any atom is -0.480 e. The van der Waals surface area contributed by atoms with Crippen LogP contribution in [0, 0.1) is 0 Å².